The average molecular weight is 284 g/mol. The van der Waals surface area contributed by atoms with E-state index in [0.717, 1.165) is 0 Å². The first-order valence-electron chi connectivity index (χ1n) is 6.34. The summed E-state index contributed by atoms with van der Waals surface area (Å²) in [6.07, 6.45) is 0. The Bertz CT molecular complexity index is 524. The zero-order valence-electron chi connectivity index (χ0n) is 12.3. The molecule has 8 heteroatoms. The Labute approximate surface area is 117 Å². The number of carboxylic acids is 1. The summed E-state index contributed by atoms with van der Waals surface area (Å²) in [7, 11) is 1.64. The number of nitro groups is 1. The molecule has 0 spiro atoms. The molecule has 0 aromatic carbocycles. The summed E-state index contributed by atoms with van der Waals surface area (Å²) in [5, 5.41) is 24.4. The van der Waals surface area contributed by atoms with Gasteiger partial charge in [-0.05, 0) is 20.8 Å². The summed E-state index contributed by atoms with van der Waals surface area (Å²) < 4.78 is 1.56. The lowest BCUT2D eigenvalue weighted by atomic mass is 10.2. The lowest BCUT2D eigenvalue weighted by molar-refractivity contribution is -0.384. The zero-order chi connectivity index (χ0) is 15.6. The van der Waals surface area contributed by atoms with E-state index in [-0.39, 0.29) is 18.3 Å². The Morgan fingerprint density at radius 2 is 2.05 bits per heavy atom. The molecule has 0 radical (unpaired) electrons. The molecular weight excluding hydrogens is 264 g/mol. The fraction of sp³-hybridized carbons (Fsp3) is 0.667. The summed E-state index contributed by atoms with van der Waals surface area (Å²) in [4.78, 5) is 23.2. The molecule has 1 aromatic heterocycles. The highest BCUT2D eigenvalue weighted by Crippen LogP contribution is 2.33. The van der Waals surface area contributed by atoms with Crippen LogP contribution in [0, 0.1) is 23.0 Å². The summed E-state index contributed by atoms with van der Waals surface area (Å²) in [5.74, 6) is -1.22. The Morgan fingerprint density at radius 3 is 2.45 bits per heavy atom. The van der Waals surface area contributed by atoms with E-state index in [4.69, 9.17) is 5.11 Å². The van der Waals surface area contributed by atoms with Gasteiger partial charge in [0.1, 0.15) is 5.69 Å². The second kappa shape index (κ2) is 5.89. The lowest BCUT2D eigenvalue weighted by Gasteiger charge is -2.22. The molecule has 8 nitrogen and oxygen atoms in total. The minimum absolute atomic E-state index is 0.0556. The minimum Gasteiger partial charge on any atom is -0.481 e. The summed E-state index contributed by atoms with van der Waals surface area (Å²) in [6.45, 7) is 7.05. The molecule has 0 saturated carbocycles. The zero-order valence-corrected chi connectivity index (χ0v) is 12.3. The van der Waals surface area contributed by atoms with Crippen LogP contribution in [0.1, 0.15) is 32.5 Å². The van der Waals surface area contributed by atoms with Crippen LogP contribution >= 0.6 is 0 Å². The van der Waals surface area contributed by atoms with Gasteiger partial charge in [-0.15, -0.1) is 0 Å². The van der Waals surface area contributed by atoms with Gasteiger partial charge in [-0.2, -0.15) is 5.10 Å². The van der Waals surface area contributed by atoms with E-state index in [1.54, 1.807) is 30.5 Å². The van der Waals surface area contributed by atoms with Crippen LogP contribution in [0.4, 0.5) is 11.5 Å². The van der Waals surface area contributed by atoms with Crippen molar-refractivity contribution in [2.75, 3.05) is 18.5 Å². The van der Waals surface area contributed by atoms with Gasteiger partial charge in [0.05, 0.1) is 10.8 Å². The topological polar surface area (TPSA) is 102 Å². The van der Waals surface area contributed by atoms with Crippen LogP contribution < -0.4 is 4.90 Å². The number of aliphatic carboxylic acids is 1. The summed E-state index contributed by atoms with van der Waals surface area (Å²) in [5.41, 5.74) is 0.257. The highest BCUT2D eigenvalue weighted by molar-refractivity contribution is 5.71. The number of carbonyl (C=O) groups is 1. The maximum absolute atomic E-state index is 11.2. The monoisotopic (exact) mass is 284 g/mol. The van der Waals surface area contributed by atoms with Crippen molar-refractivity contribution in [1.82, 2.24) is 9.78 Å². The molecule has 0 bridgehead atoms. The van der Waals surface area contributed by atoms with E-state index in [1.165, 1.54) is 0 Å². The number of aromatic nitrogens is 2. The van der Waals surface area contributed by atoms with Crippen LogP contribution in [-0.4, -0.2) is 39.4 Å². The minimum atomic E-state index is -0.938. The SMILES string of the molecule is Cc1nn(C(C)C)c(N(C)CC(C)C(=O)O)c1[N+](=O)[O-]. The number of aryl methyl sites for hydroxylation is 1. The third-order valence-corrected chi connectivity index (χ3v) is 3.03. The van der Waals surface area contributed by atoms with Crippen LogP contribution in [0.2, 0.25) is 0 Å². The fourth-order valence-electron chi connectivity index (χ4n) is 2.03. The van der Waals surface area contributed by atoms with Crippen molar-refractivity contribution >= 4 is 17.5 Å². The molecule has 1 N–H and O–H groups in total. The lowest BCUT2D eigenvalue weighted by Crippen LogP contribution is -2.30. The van der Waals surface area contributed by atoms with Crippen molar-refractivity contribution in [2.45, 2.75) is 33.7 Å². The number of hydrogen-bond donors (Lipinski definition) is 1. The molecular formula is C12H20N4O4. The van der Waals surface area contributed by atoms with E-state index in [2.05, 4.69) is 5.10 Å². The van der Waals surface area contributed by atoms with Gasteiger partial charge in [-0.3, -0.25) is 14.9 Å². The smallest absolute Gasteiger partial charge is 0.333 e. The average Bonchev–Trinajstić information content (AvgIpc) is 2.66. The van der Waals surface area contributed by atoms with Crippen molar-refractivity contribution in [3.05, 3.63) is 15.8 Å². The standard InChI is InChI=1S/C12H20N4O4/c1-7(2)15-11(10(16(19)20)9(4)13-15)14(5)6-8(3)12(17)18/h7-8H,6H2,1-5H3,(H,17,18). The number of hydrogen-bond acceptors (Lipinski definition) is 5. The molecule has 0 saturated heterocycles. The maximum Gasteiger partial charge on any atom is 0.333 e. The normalized spacial score (nSPS) is 12.5. The van der Waals surface area contributed by atoms with E-state index in [9.17, 15) is 14.9 Å². The molecule has 1 unspecified atom stereocenters. The van der Waals surface area contributed by atoms with Crippen LogP contribution in [0.5, 0.6) is 0 Å². The van der Waals surface area contributed by atoms with Crippen LogP contribution in [0.15, 0.2) is 0 Å². The number of carboxylic acid groups (broad SMARTS) is 1. The summed E-state index contributed by atoms with van der Waals surface area (Å²) in [6, 6.07) is -0.0556. The Hall–Kier alpha value is -2.12. The third kappa shape index (κ3) is 3.06. The van der Waals surface area contributed by atoms with Crippen molar-refractivity contribution in [2.24, 2.45) is 5.92 Å². The molecule has 112 valence electrons. The Morgan fingerprint density at radius 1 is 1.50 bits per heavy atom. The maximum atomic E-state index is 11.2. The van der Waals surface area contributed by atoms with Gasteiger partial charge in [0.2, 0.25) is 5.82 Å². The van der Waals surface area contributed by atoms with Crippen LogP contribution in [0.3, 0.4) is 0 Å². The van der Waals surface area contributed by atoms with Crippen molar-refractivity contribution in [1.29, 1.82) is 0 Å². The molecule has 0 fully saturated rings. The molecule has 1 aromatic rings. The quantitative estimate of drug-likeness (QED) is 0.631. The molecule has 1 rings (SSSR count). The van der Waals surface area contributed by atoms with E-state index in [0.29, 0.717) is 11.5 Å². The first-order valence-corrected chi connectivity index (χ1v) is 6.34. The molecule has 1 atom stereocenters. The molecule has 0 aliphatic carbocycles. The van der Waals surface area contributed by atoms with Crippen LogP contribution in [0.25, 0.3) is 0 Å². The van der Waals surface area contributed by atoms with Gasteiger partial charge >= 0.3 is 11.7 Å². The first-order chi connectivity index (χ1) is 9.16. The highest BCUT2D eigenvalue weighted by atomic mass is 16.6. The van der Waals surface area contributed by atoms with E-state index in [1.807, 2.05) is 13.8 Å². The van der Waals surface area contributed by atoms with Crippen LogP contribution in [-0.2, 0) is 4.79 Å². The molecule has 0 amide bonds. The Kier molecular flexibility index (Phi) is 4.69. The molecule has 1 heterocycles. The van der Waals surface area contributed by atoms with Gasteiger partial charge in [0.15, 0.2) is 0 Å². The van der Waals surface area contributed by atoms with Gasteiger partial charge in [0, 0.05) is 19.6 Å². The fourth-order valence-corrected chi connectivity index (χ4v) is 2.03. The second-order valence-electron chi connectivity index (χ2n) is 5.17. The third-order valence-electron chi connectivity index (χ3n) is 3.03. The van der Waals surface area contributed by atoms with Gasteiger partial charge < -0.3 is 10.0 Å². The van der Waals surface area contributed by atoms with Gasteiger partial charge in [0.25, 0.3) is 0 Å². The van der Waals surface area contributed by atoms with E-state index >= 15 is 0 Å². The number of nitrogens with zero attached hydrogens (tertiary/aromatic N) is 4. The Balaban J connectivity index is 3.26. The molecule has 0 aliphatic heterocycles. The van der Waals surface area contributed by atoms with E-state index < -0.39 is 16.8 Å². The van der Waals surface area contributed by atoms with Crippen molar-refractivity contribution < 1.29 is 14.8 Å². The van der Waals surface area contributed by atoms with Gasteiger partial charge in [-0.1, -0.05) is 6.92 Å². The second-order valence-corrected chi connectivity index (χ2v) is 5.17. The number of anilines is 1. The largest absolute Gasteiger partial charge is 0.481 e. The molecule has 20 heavy (non-hydrogen) atoms. The highest BCUT2D eigenvalue weighted by Gasteiger charge is 2.30. The first kappa shape index (κ1) is 15.9. The molecule has 0 aliphatic rings. The summed E-state index contributed by atoms with van der Waals surface area (Å²) >= 11 is 0. The number of rotatable bonds is 6. The van der Waals surface area contributed by atoms with Crippen molar-refractivity contribution in [3.8, 4) is 0 Å². The predicted molar refractivity (Wildman–Crippen MR) is 74.1 cm³/mol. The predicted octanol–water partition coefficient (Wildman–Crippen LogP) is 1.84. The van der Waals surface area contributed by atoms with Gasteiger partial charge in [-0.25, -0.2) is 4.68 Å². The van der Waals surface area contributed by atoms with Crippen molar-refractivity contribution in [3.63, 3.8) is 0 Å².